The SMILES string of the molecule is c1ccc2c(c1)oc1c(-c3ccc4c5c3c3ccccc3n5c3ccc(-c5cccc6c5oc5ccccc56)c5c6ccccc6n4c53)cccc12. The fourth-order valence-corrected chi connectivity index (χ4v) is 9.39. The summed E-state index contributed by atoms with van der Waals surface area (Å²) in [6, 6.07) is 56.7. The molecule has 52 heavy (non-hydrogen) atoms. The highest BCUT2D eigenvalue weighted by Gasteiger charge is 2.26. The lowest BCUT2D eigenvalue weighted by molar-refractivity contribution is 0.669. The molecule has 0 aliphatic heterocycles. The van der Waals surface area contributed by atoms with E-state index in [-0.39, 0.29) is 0 Å². The smallest absolute Gasteiger partial charge is 0.143 e. The van der Waals surface area contributed by atoms with Crippen molar-refractivity contribution in [1.82, 2.24) is 8.80 Å². The van der Waals surface area contributed by atoms with Gasteiger partial charge in [-0.15, -0.1) is 0 Å². The van der Waals surface area contributed by atoms with Gasteiger partial charge in [0.1, 0.15) is 22.3 Å². The standard InChI is InChI=1S/C48H26N2O2/c1-5-19-37-35(13-1)43-29(33-17-9-15-31-27-11-3-7-21-41(27)51-47(31)33)23-25-39-45(43)49(37)40-26-24-30(44-36-14-2-6-20-38(36)50(39)46(40)44)34-18-10-16-32-28-12-4-8-22-42(28)52-48(32)34/h1-26H. The van der Waals surface area contributed by atoms with E-state index < -0.39 is 0 Å². The van der Waals surface area contributed by atoms with Crippen molar-refractivity contribution in [2.24, 2.45) is 0 Å². The number of nitrogens with zero attached hydrogens (tertiary/aromatic N) is 2. The normalized spacial score (nSPS) is 12.6. The zero-order valence-electron chi connectivity index (χ0n) is 27.7. The highest BCUT2D eigenvalue weighted by atomic mass is 16.3. The maximum absolute atomic E-state index is 6.61. The molecule has 13 aromatic rings. The van der Waals surface area contributed by atoms with E-state index in [0.717, 1.165) is 55.0 Å². The molecular formula is C48H26N2O2. The molecule has 0 saturated carbocycles. The quantitative estimate of drug-likeness (QED) is 0.173. The van der Waals surface area contributed by atoms with E-state index in [9.17, 15) is 0 Å². The summed E-state index contributed by atoms with van der Waals surface area (Å²) in [5.74, 6) is 0. The molecule has 0 spiro atoms. The minimum atomic E-state index is 0.908. The predicted molar refractivity (Wildman–Crippen MR) is 215 cm³/mol. The third kappa shape index (κ3) is 3.15. The number of aromatic nitrogens is 2. The number of benzene rings is 8. The van der Waals surface area contributed by atoms with Gasteiger partial charge in [-0.2, -0.15) is 0 Å². The van der Waals surface area contributed by atoms with E-state index in [1.807, 2.05) is 12.1 Å². The van der Waals surface area contributed by atoms with Gasteiger partial charge in [-0.05, 0) is 47.5 Å². The lowest BCUT2D eigenvalue weighted by Crippen LogP contribution is -1.98. The molecule has 240 valence electrons. The second-order valence-corrected chi connectivity index (χ2v) is 14.0. The second-order valence-electron chi connectivity index (χ2n) is 14.0. The topological polar surface area (TPSA) is 35.1 Å². The molecule has 13 rings (SSSR count). The third-order valence-electron chi connectivity index (χ3n) is 11.5. The Labute approximate surface area is 295 Å². The number of hydrogen-bond donors (Lipinski definition) is 0. The molecule has 0 fully saturated rings. The molecule has 4 nitrogen and oxygen atoms in total. The average Bonchev–Trinajstić information content (AvgIpc) is 3.96. The number of para-hydroxylation sites is 6. The van der Waals surface area contributed by atoms with E-state index in [1.54, 1.807) is 0 Å². The van der Waals surface area contributed by atoms with Gasteiger partial charge in [-0.25, -0.2) is 0 Å². The number of furan rings is 2. The molecule has 0 N–H and O–H groups in total. The fourth-order valence-electron chi connectivity index (χ4n) is 9.39. The molecule has 0 radical (unpaired) electrons. The summed E-state index contributed by atoms with van der Waals surface area (Å²) in [7, 11) is 0. The van der Waals surface area contributed by atoms with Crippen molar-refractivity contribution in [3.63, 3.8) is 0 Å². The average molecular weight is 663 g/mol. The minimum absolute atomic E-state index is 0.908. The van der Waals surface area contributed by atoms with Gasteiger partial charge in [0, 0.05) is 54.2 Å². The second kappa shape index (κ2) is 9.39. The van der Waals surface area contributed by atoms with Gasteiger partial charge in [-0.1, -0.05) is 121 Å². The number of fused-ring (bicyclic) bond motifs is 14. The van der Waals surface area contributed by atoms with E-state index >= 15 is 0 Å². The molecule has 0 unspecified atom stereocenters. The van der Waals surface area contributed by atoms with Gasteiger partial charge in [-0.3, -0.25) is 0 Å². The van der Waals surface area contributed by atoms with E-state index in [1.165, 1.54) is 65.8 Å². The van der Waals surface area contributed by atoms with E-state index in [2.05, 4.69) is 154 Å². The first-order valence-corrected chi connectivity index (χ1v) is 17.8. The van der Waals surface area contributed by atoms with Crippen LogP contribution in [0.4, 0.5) is 0 Å². The largest absolute Gasteiger partial charge is 0.455 e. The van der Waals surface area contributed by atoms with Crippen LogP contribution in [0.2, 0.25) is 0 Å². The Balaban J connectivity index is 1.22. The van der Waals surface area contributed by atoms with Crippen LogP contribution in [0.25, 0.3) is 121 Å². The highest BCUT2D eigenvalue weighted by molar-refractivity contribution is 6.28. The van der Waals surface area contributed by atoms with Crippen LogP contribution >= 0.6 is 0 Å². The monoisotopic (exact) mass is 662 g/mol. The Morgan fingerprint density at radius 2 is 0.692 bits per heavy atom. The first-order chi connectivity index (χ1) is 25.8. The van der Waals surface area contributed by atoms with Crippen LogP contribution in [0.5, 0.6) is 0 Å². The minimum Gasteiger partial charge on any atom is -0.455 e. The van der Waals surface area contributed by atoms with Crippen molar-refractivity contribution in [2.75, 3.05) is 0 Å². The lowest BCUT2D eigenvalue weighted by Gasteiger charge is -2.14. The molecule has 0 amide bonds. The van der Waals surface area contributed by atoms with Crippen molar-refractivity contribution in [2.45, 2.75) is 0 Å². The Morgan fingerprint density at radius 3 is 1.17 bits per heavy atom. The van der Waals surface area contributed by atoms with Crippen LogP contribution in [0, 0.1) is 0 Å². The van der Waals surface area contributed by atoms with Crippen LogP contribution in [-0.2, 0) is 0 Å². The lowest BCUT2D eigenvalue weighted by atomic mass is 9.96. The molecule has 8 aromatic carbocycles. The molecular weight excluding hydrogens is 637 g/mol. The number of hydrogen-bond acceptors (Lipinski definition) is 2. The summed E-state index contributed by atoms with van der Waals surface area (Å²) in [5.41, 5.74) is 15.3. The zero-order valence-corrected chi connectivity index (χ0v) is 27.7. The van der Waals surface area contributed by atoms with Gasteiger partial charge in [0.15, 0.2) is 0 Å². The molecule has 0 saturated heterocycles. The van der Waals surface area contributed by atoms with Crippen LogP contribution in [0.1, 0.15) is 0 Å². The molecule has 0 atom stereocenters. The first-order valence-electron chi connectivity index (χ1n) is 17.8. The van der Waals surface area contributed by atoms with E-state index in [0.29, 0.717) is 0 Å². The van der Waals surface area contributed by atoms with Crippen molar-refractivity contribution in [1.29, 1.82) is 0 Å². The molecule has 4 heteroatoms. The van der Waals surface area contributed by atoms with Crippen LogP contribution < -0.4 is 0 Å². The third-order valence-corrected chi connectivity index (χ3v) is 11.5. The molecule has 5 heterocycles. The summed E-state index contributed by atoms with van der Waals surface area (Å²) in [6.45, 7) is 0. The van der Waals surface area contributed by atoms with Crippen molar-refractivity contribution in [3.8, 4) is 22.3 Å². The zero-order chi connectivity index (χ0) is 33.7. The van der Waals surface area contributed by atoms with Crippen LogP contribution in [-0.4, -0.2) is 8.80 Å². The van der Waals surface area contributed by atoms with Gasteiger partial charge >= 0.3 is 0 Å². The summed E-state index contributed by atoms with van der Waals surface area (Å²) in [6.07, 6.45) is 0. The summed E-state index contributed by atoms with van der Waals surface area (Å²) in [4.78, 5) is 0. The van der Waals surface area contributed by atoms with Crippen molar-refractivity contribution >= 4 is 98.5 Å². The molecule has 0 bridgehead atoms. The number of rotatable bonds is 2. The van der Waals surface area contributed by atoms with Crippen molar-refractivity contribution in [3.05, 3.63) is 158 Å². The van der Waals surface area contributed by atoms with Gasteiger partial charge in [0.2, 0.25) is 0 Å². The summed E-state index contributed by atoms with van der Waals surface area (Å²) in [5, 5.41) is 9.46. The molecule has 0 aliphatic rings. The van der Waals surface area contributed by atoms with Gasteiger partial charge in [0.25, 0.3) is 0 Å². The Morgan fingerprint density at radius 1 is 0.288 bits per heavy atom. The Kier molecular flexibility index (Phi) is 4.83. The van der Waals surface area contributed by atoms with Crippen LogP contribution in [0.3, 0.4) is 0 Å². The predicted octanol–water partition coefficient (Wildman–Crippen LogP) is 13.4. The summed E-state index contributed by atoms with van der Waals surface area (Å²) >= 11 is 0. The maximum Gasteiger partial charge on any atom is 0.143 e. The first kappa shape index (κ1) is 26.8. The molecule has 5 aromatic heterocycles. The van der Waals surface area contributed by atoms with Crippen molar-refractivity contribution < 1.29 is 8.83 Å². The Hall–Kier alpha value is -7.04. The Bertz CT molecular complexity index is 3400. The molecule has 0 aliphatic carbocycles. The van der Waals surface area contributed by atoms with Gasteiger partial charge in [0.05, 0.1) is 33.1 Å². The summed E-state index contributed by atoms with van der Waals surface area (Å²) < 4.78 is 18.2. The van der Waals surface area contributed by atoms with Crippen LogP contribution in [0.15, 0.2) is 167 Å². The highest BCUT2D eigenvalue weighted by Crippen LogP contribution is 2.48. The fraction of sp³-hybridized carbons (Fsp3) is 0. The van der Waals surface area contributed by atoms with Gasteiger partial charge < -0.3 is 17.6 Å². The maximum atomic E-state index is 6.61. The van der Waals surface area contributed by atoms with E-state index in [4.69, 9.17) is 8.83 Å².